The molecule has 0 spiro atoms. The first-order chi connectivity index (χ1) is 12.7. The molecule has 1 aliphatic rings. The number of rotatable bonds is 3. The van der Waals surface area contributed by atoms with Crippen molar-refractivity contribution in [1.82, 2.24) is 0 Å². The Morgan fingerprint density at radius 3 is 2.41 bits per heavy atom. The van der Waals surface area contributed by atoms with Crippen molar-refractivity contribution in [3.63, 3.8) is 0 Å². The van der Waals surface area contributed by atoms with Crippen molar-refractivity contribution in [3.05, 3.63) is 39.5 Å². The molecule has 1 saturated heterocycles. The summed E-state index contributed by atoms with van der Waals surface area (Å²) in [5.41, 5.74) is -2.58. The van der Waals surface area contributed by atoms with Crippen molar-refractivity contribution in [1.29, 1.82) is 0 Å². The van der Waals surface area contributed by atoms with E-state index < -0.39 is 71.7 Å². The molecule has 1 aromatic carbocycles. The summed E-state index contributed by atoms with van der Waals surface area (Å²) in [6.07, 6.45) is -8.68. The Balaban J connectivity index is 2.05. The quantitative estimate of drug-likeness (QED) is 0.524. The minimum absolute atomic E-state index is 0.335. The van der Waals surface area contributed by atoms with Crippen LogP contribution in [0.2, 0.25) is 0 Å². The average molecular weight is 392 g/mol. The van der Waals surface area contributed by atoms with E-state index in [-0.39, 0.29) is 10.9 Å². The van der Waals surface area contributed by atoms with Crippen LogP contribution in [0.4, 0.5) is 13.2 Å². The summed E-state index contributed by atoms with van der Waals surface area (Å²) in [6, 6.07) is 0.666. The molecule has 27 heavy (non-hydrogen) atoms. The highest BCUT2D eigenvalue weighted by molar-refractivity contribution is 5.82. The second-order valence-electron chi connectivity index (χ2n) is 6.02. The molecule has 5 atom stereocenters. The van der Waals surface area contributed by atoms with Crippen LogP contribution in [0.5, 0.6) is 5.75 Å². The summed E-state index contributed by atoms with van der Waals surface area (Å²) in [6.45, 7) is 0.354. The second-order valence-corrected chi connectivity index (χ2v) is 6.02. The molecule has 5 unspecified atom stereocenters. The van der Waals surface area contributed by atoms with Crippen LogP contribution < -0.4 is 10.4 Å². The van der Waals surface area contributed by atoms with Gasteiger partial charge in [-0.05, 0) is 13.0 Å². The highest BCUT2D eigenvalue weighted by Crippen LogP contribution is 2.33. The monoisotopic (exact) mass is 392 g/mol. The van der Waals surface area contributed by atoms with E-state index >= 15 is 0 Å². The van der Waals surface area contributed by atoms with E-state index in [0.717, 1.165) is 6.92 Å². The van der Waals surface area contributed by atoms with Crippen LogP contribution in [-0.2, 0) is 4.74 Å². The third kappa shape index (κ3) is 3.17. The minimum atomic E-state index is -1.92. The molecule has 1 aliphatic heterocycles. The minimum Gasteiger partial charge on any atom is -0.456 e. The number of aryl methyl sites for hydroxylation is 1. The highest BCUT2D eigenvalue weighted by atomic mass is 19.1. The molecule has 1 aromatic heterocycles. The van der Waals surface area contributed by atoms with Gasteiger partial charge >= 0.3 is 5.63 Å². The lowest BCUT2D eigenvalue weighted by Crippen LogP contribution is -2.60. The first-order valence-corrected chi connectivity index (χ1v) is 7.75. The summed E-state index contributed by atoms with van der Waals surface area (Å²) in [4.78, 5) is 11.4. The smallest absolute Gasteiger partial charge is 0.373 e. The van der Waals surface area contributed by atoms with Crippen molar-refractivity contribution in [2.75, 3.05) is 6.61 Å². The topological polar surface area (TPSA) is 130 Å². The number of fused-ring (bicyclic) bond motifs is 1. The molecule has 2 aromatic rings. The number of aliphatic hydroxyl groups is 4. The fourth-order valence-corrected chi connectivity index (χ4v) is 2.76. The molecule has 0 radical (unpaired) electrons. The fourth-order valence-electron chi connectivity index (χ4n) is 2.76. The summed E-state index contributed by atoms with van der Waals surface area (Å²) in [7, 11) is 0. The fraction of sp³-hybridized carbons (Fsp3) is 0.438. The predicted molar refractivity (Wildman–Crippen MR) is 81.5 cm³/mol. The van der Waals surface area contributed by atoms with Gasteiger partial charge in [0.1, 0.15) is 24.4 Å². The maximum Gasteiger partial charge on any atom is 0.373 e. The van der Waals surface area contributed by atoms with Gasteiger partial charge in [-0.2, -0.15) is 8.78 Å². The summed E-state index contributed by atoms with van der Waals surface area (Å²) < 4.78 is 57.0. The van der Waals surface area contributed by atoms with E-state index in [1.54, 1.807) is 0 Å². The van der Waals surface area contributed by atoms with Crippen molar-refractivity contribution in [2.45, 2.75) is 37.6 Å². The third-order valence-corrected chi connectivity index (χ3v) is 4.32. The van der Waals surface area contributed by atoms with Gasteiger partial charge in [0.15, 0.2) is 17.1 Å². The maximum absolute atomic E-state index is 14.6. The molecule has 8 nitrogen and oxygen atoms in total. The Morgan fingerprint density at radius 1 is 1.11 bits per heavy atom. The summed E-state index contributed by atoms with van der Waals surface area (Å²) >= 11 is 0. The van der Waals surface area contributed by atoms with Gasteiger partial charge in [-0.3, -0.25) is 0 Å². The molecule has 148 valence electrons. The number of ether oxygens (including phenoxy) is 2. The van der Waals surface area contributed by atoms with Crippen LogP contribution in [0, 0.1) is 24.4 Å². The van der Waals surface area contributed by atoms with Crippen LogP contribution in [0.1, 0.15) is 5.56 Å². The van der Waals surface area contributed by atoms with Gasteiger partial charge in [0, 0.05) is 10.9 Å². The molecule has 0 bridgehead atoms. The van der Waals surface area contributed by atoms with Crippen LogP contribution in [-0.4, -0.2) is 57.7 Å². The van der Waals surface area contributed by atoms with Gasteiger partial charge in [-0.15, -0.1) is 0 Å². The van der Waals surface area contributed by atoms with Crippen LogP contribution in [0.25, 0.3) is 11.0 Å². The van der Waals surface area contributed by atoms with E-state index in [1.165, 1.54) is 0 Å². The Bertz CT molecular complexity index is 928. The van der Waals surface area contributed by atoms with Gasteiger partial charge in [-0.1, -0.05) is 0 Å². The Morgan fingerprint density at radius 2 is 1.78 bits per heavy atom. The maximum atomic E-state index is 14.6. The summed E-state index contributed by atoms with van der Waals surface area (Å²) in [5, 5.41) is 38.1. The zero-order valence-corrected chi connectivity index (χ0v) is 13.7. The van der Waals surface area contributed by atoms with Crippen molar-refractivity contribution in [2.24, 2.45) is 0 Å². The third-order valence-electron chi connectivity index (χ3n) is 4.32. The lowest BCUT2D eigenvalue weighted by Gasteiger charge is -2.39. The standard InChI is InChI=1S/C16H15F3O8/c1-4-5-2-6(17)14(9(19)13(5)26-15(24)8(4)18)27-16-12(23)11(22)10(21)7(3-20)25-16/h2,7,10-12,16,20-23H,3H2,1H3. The predicted octanol–water partition coefficient (Wildman–Crippen LogP) is -0.303. The van der Waals surface area contributed by atoms with Crippen molar-refractivity contribution < 1.29 is 47.5 Å². The first kappa shape index (κ1) is 19.6. The lowest BCUT2D eigenvalue weighted by atomic mass is 9.99. The second kappa shape index (κ2) is 7.09. The zero-order valence-electron chi connectivity index (χ0n) is 13.7. The van der Waals surface area contributed by atoms with Gasteiger partial charge in [0.2, 0.25) is 17.9 Å². The largest absolute Gasteiger partial charge is 0.456 e. The average Bonchev–Trinajstić information content (AvgIpc) is 2.64. The van der Waals surface area contributed by atoms with Crippen LogP contribution in [0.15, 0.2) is 15.3 Å². The molecule has 0 saturated carbocycles. The van der Waals surface area contributed by atoms with E-state index in [1.807, 2.05) is 0 Å². The lowest BCUT2D eigenvalue weighted by molar-refractivity contribution is -0.278. The molecule has 3 rings (SSSR count). The van der Waals surface area contributed by atoms with E-state index in [4.69, 9.17) is 14.6 Å². The molecule has 0 amide bonds. The molecule has 2 heterocycles. The van der Waals surface area contributed by atoms with Crippen LogP contribution in [0.3, 0.4) is 0 Å². The Hall–Kier alpha value is -2.18. The number of hydrogen-bond acceptors (Lipinski definition) is 8. The molecule has 1 fully saturated rings. The van der Waals surface area contributed by atoms with Gasteiger partial charge < -0.3 is 34.3 Å². The highest BCUT2D eigenvalue weighted by Gasteiger charge is 2.45. The molecule has 4 N–H and O–H groups in total. The number of hydrogen-bond donors (Lipinski definition) is 4. The first-order valence-electron chi connectivity index (χ1n) is 7.75. The number of halogens is 3. The van der Waals surface area contributed by atoms with Gasteiger partial charge in [0.05, 0.1) is 6.61 Å². The summed E-state index contributed by atoms with van der Waals surface area (Å²) in [5.74, 6) is -5.25. The van der Waals surface area contributed by atoms with E-state index in [9.17, 15) is 33.3 Å². The van der Waals surface area contributed by atoms with Gasteiger partial charge in [-0.25, -0.2) is 9.18 Å². The molecule has 11 heteroatoms. The van der Waals surface area contributed by atoms with Gasteiger partial charge in [0.25, 0.3) is 0 Å². The van der Waals surface area contributed by atoms with Crippen molar-refractivity contribution >= 4 is 11.0 Å². The van der Waals surface area contributed by atoms with E-state index in [0.29, 0.717) is 6.07 Å². The SMILES string of the molecule is Cc1c(F)c(=O)oc2c(F)c(OC3OC(CO)C(O)C(O)C3O)c(F)cc12. The van der Waals surface area contributed by atoms with Crippen LogP contribution >= 0.6 is 0 Å². The zero-order chi connectivity index (χ0) is 20.0. The molecule has 0 aliphatic carbocycles. The molecular weight excluding hydrogens is 377 g/mol. The van der Waals surface area contributed by atoms with E-state index in [2.05, 4.69) is 4.42 Å². The normalized spacial score (nSPS) is 28.5. The molecular formula is C16H15F3O8. The Labute approximate surface area is 149 Å². The van der Waals surface area contributed by atoms with Crippen molar-refractivity contribution in [3.8, 4) is 5.75 Å². The number of aliphatic hydroxyl groups excluding tert-OH is 4. The Kier molecular flexibility index (Phi) is 5.14. The number of benzene rings is 1.